The summed E-state index contributed by atoms with van der Waals surface area (Å²) < 4.78 is 23.2. The lowest BCUT2D eigenvalue weighted by molar-refractivity contribution is 0.124. The molecule has 0 spiro atoms. The van der Waals surface area contributed by atoms with Gasteiger partial charge >= 0.3 is 6.01 Å². The minimum Gasteiger partial charge on any atom is -0.456 e. The molecule has 0 radical (unpaired) electrons. The second-order valence-electron chi connectivity index (χ2n) is 12.2. The fourth-order valence-corrected chi connectivity index (χ4v) is 7.32. The van der Waals surface area contributed by atoms with E-state index in [4.69, 9.17) is 13.6 Å². The minimum absolute atomic E-state index is 0.411. The van der Waals surface area contributed by atoms with Crippen molar-refractivity contribution in [2.75, 3.05) is 0 Å². The van der Waals surface area contributed by atoms with Gasteiger partial charge in [0.1, 0.15) is 11.2 Å². The standard InChI is InChI=1S/C40H24N6O3/c1-5-13-31-25(9-1)26-10-2-6-14-32(26)45(31)39-43-41-37(48-39)23-17-19-35-29(21-23)30-22-24(18-20-36(30)47-35)38-42-44-40(49-38)46-33-15-7-3-11-27(33)28-12-4-8-16-34(28)46/h1-22,39,43H. The number of ether oxygens (including phenoxy) is 1. The van der Waals surface area contributed by atoms with E-state index in [1.807, 2.05) is 71.3 Å². The summed E-state index contributed by atoms with van der Waals surface area (Å²) >= 11 is 0. The van der Waals surface area contributed by atoms with E-state index in [9.17, 15) is 0 Å². The van der Waals surface area contributed by atoms with Gasteiger partial charge in [0.15, 0.2) is 0 Å². The molecule has 11 rings (SSSR count). The number of aromatic nitrogens is 4. The van der Waals surface area contributed by atoms with E-state index >= 15 is 0 Å². The second-order valence-corrected chi connectivity index (χ2v) is 12.2. The van der Waals surface area contributed by atoms with Gasteiger partial charge in [0, 0.05) is 43.4 Å². The highest BCUT2D eigenvalue weighted by atomic mass is 16.5. The second kappa shape index (κ2) is 9.82. The Morgan fingerprint density at radius 2 is 1.04 bits per heavy atom. The SMILES string of the molecule is c1ccc2c(c1)c1ccccc1n2-c1nnc(-c2ccc3oc4ccc(C5=NNC(n6c7ccccc7c7ccccc76)O5)cc4c3c2)o1. The Labute approximate surface area is 277 Å². The maximum absolute atomic E-state index is 6.47. The first-order valence-electron chi connectivity index (χ1n) is 16.1. The normalized spacial score (nSPS) is 14.8. The van der Waals surface area contributed by atoms with Crippen LogP contribution in [0.1, 0.15) is 11.9 Å². The minimum atomic E-state index is -0.496. The summed E-state index contributed by atoms with van der Waals surface area (Å²) in [6.45, 7) is 0. The summed E-state index contributed by atoms with van der Waals surface area (Å²) in [6, 6.07) is 45.5. The van der Waals surface area contributed by atoms with Gasteiger partial charge in [-0.1, -0.05) is 77.9 Å². The third-order valence-electron chi connectivity index (χ3n) is 9.50. The van der Waals surface area contributed by atoms with E-state index in [1.54, 1.807) is 0 Å². The molecular weight excluding hydrogens is 612 g/mol. The molecule has 6 aromatic carbocycles. The van der Waals surface area contributed by atoms with Gasteiger partial charge < -0.3 is 13.6 Å². The number of fused-ring (bicyclic) bond motifs is 9. The van der Waals surface area contributed by atoms with Crippen LogP contribution in [0.3, 0.4) is 0 Å². The molecule has 0 saturated heterocycles. The number of hydrazone groups is 1. The molecule has 1 unspecified atom stereocenters. The fraction of sp³-hybridized carbons (Fsp3) is 0.0250. The van der Waals surface area contributed by atoms with Crippen LogP contribution in [0.5, 0.6) is 0 Å². The molecule has 49 heavy (non-hydrogen) atoms. The van der Waals surface area contributed by atoms with E-state index in [0.29, 0.717) is 17.8 Å². The summed E-state index contributed by atoms with van der Waals surface area (Å²) in [5.74, 6) is 0.929. The molecule has 1 atom stereocenters. The van der Waals surface area contributed by atoms with Gasteiger partial charge in [-0.3, -0.25) is 9.13 Å². The van der Waals surface area contributed by atoms with Crippen LogP contribution in [0, 0.1) is 0 Å². The van der Waals surface area contributed by atoms with Crippen molar-refractivity contribution in [1.29, 1.82) is 0 Å². The molecule has 0 fully saturated rings. The predicted molar refractivity (Wildman–Crippen MR) is 191 cm³/mol. The van der Waals surface area contributed by atoms with Crippen LogP contribution in [0.2, 0.25) is 0 Å². The van der Waals surface area contributed by atoms with Crippen LogP contribution in [0.4, 0.5) is 0 Å². The van der Waals surface area contributed by atoms with Gasteiger partial charge in [0.2, 0.25) is 11.8 Å². The molecule has 1 aliphatic rings. The summed E-state index contributed by atoms with van der Waals surface area (Å²) in [4.78, 5) is 0. The molecule has 9 nitrogen and oxygen atoms in total. The maximum Gasteiger partial charge on any atom is 0.327 e. The van der Waals surface area contributed by atoms with Crippen LogP contribution < -0.4 is 5.43 Å². The van der Waals surface area contributed by atoms with Gasteiger partial charge in [0.05, 0.1) is 22.1 Å². The van der Waals surface area contributed by atoms with Crippen molar-refractivity contribution in [3.05, 3.63) is 139 Å². The van der Waals surface area contributed by atoms with Crippen LogP contribution in [0.25, 0.3) is 83.0 Å². The number of furan rings is 1. The summed E-state index contributed by atoms with van der Waals surface area (Å²) in [7, 11) is 0. The fourth-order valence-electron chi connectivity index (χ4n) is 7.32. The zero-order valence-corrected chi connectivity index (χ0v) is 25.7. The van der Waals surface area contributed by atoms with Crippen molar-refractivity contribution in [2.45, 2.75) is 6.35 Å². The van der Waals surface area contributed by atoms with E-state index in [2.05, 4.69) is 92.0 Å². The zero-order chi connectivity index (χ0) is 32.1. The van der Waals surface area contributed by atoms with Crippen molar-refractivity contribution < 1.29 is 13.6 Å². The predicted octanol–water partition coefficient (Wildman–Crippen LogP) is 9.28. The molecule has 10 aromatic rings. The Bertz CT molecular complexity index is 2870. The first-order valence-corrected chi connectivity index (χ1v) is 16.1. The summed E-state index contributed by atoms with van der Waals surface area (Å²) in [5, 5.41) is 20.0. The smallest absolute Gasteiger partial charge is 0.327 e. The lowest BCUT2D eigenvalue weighted by atomic mass is 10.1. The van der Waals surface area contributed by atoms with Crippen molar-refractivity contribution in [3.8, 4) is 17.5 Å². The molecule has 9 heteroatoms. The Kier molecular flexibility index (Phi) is 5.26. The van der Waals surface area contributed by atoms with Crippen molar-refractivity contribution in [3.63, 3.8) is 0 Å². The first-order chi connectivity index (χ1) is 24.3. The molecule has 1 N–H and O–H groups in total. The van der Waals surface area contributed by atoms with Crippen LogP contribution >= 0.6 is 0 Å². The molecule has 0 saturated carbocycles. The Hall–Kier alpha value is -6.87. The highest BCUT2D eigenvalue weighted by Gasteiger charge is 2.26. The molecular formula is C40H24N6O3. The molecule has 232 valence electrons. The number of nitrogens with zero attached hydrogens (tertiary/aromatic N) is 5. The lowest BCUT2D eigenvalue weighted by Gasteiger charge is -2.15. The Balaban J connectivity index is 0.959. The third-order valence-corrected chi connectivity index (χ3v) is 9.50. The Morgan fingerprint density at radius 3 is 1.67 bits per heavy atom. The van der Waals surface area contributed by atoms with E-state index in [1.165, 1.54) is 10.8 Å². The van der Waals surface area contributed by atoms with Gasteiger partial charge in [-0.05, 0) is 60.7 Å². The van der Waals surface area contributed by atoms with Crippen LogP contribution in [-0.2, 0) is 4.74 Å². The van der Waals surface area contributed by atoms with Crippen molar-refractivity contribution >= 4 is 71.4 Å². The summed E-state index contributed by atoms with van der Waals surface area (Å²) in [6.07, 6.45) is -0.496. The van der Waals surface area contributed by atoms with E-state index < -0.39 is 6.35 Å². The highest BCUT2D eigenvalue weighted by molar-refractivity contribution is 6.11. The molecule has 0 bridgehead atoms. The number of hydrogen-bond donors (Lipinski definition) is 1. The summed E-state index contributed by atoms with van der Waals surface area (Å²) in [5.41, 5.74) is 10.5. The van der Waals surface area contributed by atoms with E-state index in [-0.39, 0.29) is 0 Å². The third kappa shape index (κ3) is 3.78. The lowest BCUT2D eigenvalue weighted by Crippen LogP contribution is -2.20. The monoisotopic (exact) mass is 636 g/mol. The Morgan fingerprint density at radius 1 is 0.510 bits per heavy atom. The van der Waals surface area contributed by atoms with Gasteiger partial charge in [-0.2, -0.15) is 0 Å². The largest absolute Gasteiger partial charge is 0.456 e. The van der Waals surface area contributed by atoms with Crippen LogP contribution in [0.15, 0.2) is 147 Å². The average molecular weight is 637 g/mol. The molecule has 5 heterocycles. The average Bonchev–Trinajstić information content (AvgIpc) is 3.99. The van der Waals surface area contributed by atoms with Crippen molar-refractivity contribution in [1.82, 2.24) is 24.8 Å². The molecule has 0 amide bonds. The number of hydrogen-bond acceptors (Lipinski definition) is 7. The van der Waals surface area contributed by atoms with Gasteiger partial charge in [0.25, 0.3) is 6.35 Å². The molecule has 0 aliphatic carbocycles. The number of rotatable bonds is 4. The maximum atomic E-state index is 6.47. The van der Waals surface area contributed by atoms with Crippen molar-refractivity contribution in [2.24, 2.45) is 5.10 Å². The van der Waals surface area contributed by atoms with Crippen LogP contribution in [-0.4, -0.2) is 25.2 Å². The topological polar surface area (TPSA) is 95.5 Å². The number of benzene rings is 6. The first kappa shape index (κ1) is 26.2. The van der Waals surface area contributed by atoms with Gasteiger partial charge in [-0.15, -0.1) is 10.2 Å². The van der Waals surface area contributed by atoms with E-state index in [0.717, 1.165) is 65.9 Å². The molecule has 4 aromatic heterocycles. The quantitative estimate of drug-likeness (QED) is 0.207. The highest BCUT2D eigenvalue weighted by Crippen LogP contribution is 2.37. The van der Waals surface area contributed by atoms with Gasteiger partial charge in [-0.25, -0.2) is 5.43 Å². The number of nitrogens with one attached hydrogen (secondary N) is 1. The number of para-hydroxylation sites is 4. The molecule has 1 aliphatic heterocycles. The zero-order valence-electron chi connectivity index (χ0n) is 25.7.